The summed E-state index contributed by atoms with van der Waals surface area (Å²) in [5, 5.41) is 0.759. The van der Waals surface area contributed by atoms with Crippen LogP contribution in [0.3, 0.4) is 0 Å². The van der Waals surface area contributed by atoms with Crippen LogP contribution < -0.4 is 4.90 Å². The monoisotopic (exact) mass is 549 g/mol. The number of aromatic nitrogens is 1. The summed E-state index contributed by atoms with van der Waals surface area (Å²) >= 11 is 6.11. The zero-order valence-corrected chi connectivity index (χ0v) is 22.1. The number of hydrogen-bond acceptors (Lipinski definition) is 6. The van der Waals surface area contributed by atoms with E-state index in [0.29, 0.717) is 13.1 Å². The van der Waals surface area contributed by atoms with Gasteiger partial charge in [0.25, 0.3) is 0 Å². The van der Waals surface area contributed by atoms with Crippen molar-refractivity contribution >= 4 is 66.3 Å². The summed E-state index contributed by atoms with van der Waals surface area (Å²) in [6, 6.07) is 11.8. The van der Waals surface area contributed by atoms with E-state index in [2.05, 4.69) is 20.9 Å². The fraction of sp³-hybridized carbons (Fsp3) is 0.435. The van der Waals surface area contributed by atoms with Gasteiger partial charge in [0.05, 0.1) is 13.1 Å². The first kappa shape index (κ1) is 30.4. The molecule has 7 nitrogen and oxygen atoms in total. The van der Waals surface area contributed by atoms with Crippen molar-refractivity contribution in [2.45, 2.75) is 13.0 Å². The molecule has 1 aromatic carbocycles. The number of carbonyl (C=O) groups is 2. The van der Waals surface area contributed by atoms with Crippen molar-refractivity contribution in [3.8, 4) is 0 Å². The number of anilines is 1. The van der Waals surface area contributed by atoms with Gasteiger partial charge in [0.1, 0.15) is 0 Å². The van der Waals surface area contributed by atoms with Crippen LogP contribution in [0, 0.1) is 0 Å². The van der Waals surface area contributed by atoms with Gasteiger partial charge in [0.2, 0.25) is 11.8 Å². The van der Waals surface area contributed by atoms with Gasteiger partial charge >= 0.3 is 0 Å². The molecule has 2 amide bonds. The number of benzene rings is 1. The lowest BCUT2D eigenvalue weighted by atomic mass is 10.2. The quantitative estimate of drug-likeness (QED) is 0.492. The molecule has 0 saturated carbocycles. The lowest BCUT2D eigenvalue weighted by molar-refractivity contribution is -0.151. The van der Waals surface area contributed by atoms with Crippen molar-refractivity contribution in [2.24, 2.45) is 0 Å². The number of carbonyl (C=O) groups excluding carboxylic acids is 2. The molecule has 0 bridgehead atoms. The Bertz CT molecular complexity index is 895. The van der Waals surface area contributed by atoms with E-state index in [1.807, 2.05) is 35.2 Å². The van der Waals surface area contributed by atoms with Crippen LogP contribution in [0.4, 0.5) is 5.69 Å². The maximum atomic E-state index is 12.5. The van der Waals surface area contributed by atoms with Crippen LogP contribution in [-0.4, -0.2) is 83.9 Å². The zero-order chi connectivity index (χ0) is 21.6. The Morgan fingerprint density at radius 3 is 2.18 bits per heavy atom. The largest absolute Gasteiger partial charge is 0.369 e. The molecule has 11 heteroatoms. The summed E-state index contributed by atoms with van der Waals surface area (Å²) < 4.78 is 0. The molecule has 188 valence electrons. The first-order valence-electron chi connectivity index (χ1n) is 10.8. The molecule has 4 rings (SSSR count). The van der Waals surface area contributed by atoms with Crippen LogP contribution in [0.15, 0.2) is 48.8 Å². The fourth-order valence-electron chi connectivity index (χ4n) is 4.21. The number of rotatable bonds is 7. The molecule has 2 aromatic rings. The molecule has 34 heavy (non-hydrogen) atoms. The van der Waals surface area contributed by atoms with Gasteiger partial charge in [-0.15, -0.1) is 37.2 Å². The van der Waals surface area contributed by atoms with Crippen LogP contribution in [0.2, 0.25) is 5.02 Å². The minimum absolute atomic E-state index is 0. The minimum atomic E-state index is -0.106. The van der Waals surface area contributed by atoms with E-state index < -0.39 is 0 Å². The van der Waals surface area contributed by atoms with Crippen molar-refractivity contribution in [1.82, 2.24) is 19.7 Å². The highest BCUT2D eigenvalue weighted by Crippen LogP contribution is 2.21. The summed E-state index contributed by atoms with van der Waals surface area (Å²) in [5.74, 6) is -0.211. The molecule has 0 radical (unpaired) electrons. The topological polar surface area (TPSA) is 60.0 Å². The van der Waals surface area contributed by atoms with Crippen LogP contribution in [0.5, 0.6) is 0 Å². The van der Waals surface area contributed by atoms with E-state index in [9.17, 15) is 9.59 Å². The van der Waals surface area contributed by atoms with Crippen LogP contribution in [-0.2, 0) is 16.1 Å². The Hall–Kier alpha value is -1.61. The molecule has 0 atom stereocenters. The molecule has 2 aliphatic heterocycles. The van der Waals surface area contributed by atoms with Crippen molar-refractivity contribution < 1.29 is 9.59 Å². The van der Waals surface area contributed by atoms with Gasteiger partial charge in [-0.25, -0.2) is 0 Å². The zero-order valence-electron chi connectivity index (χ0n) is 18.8. The summed E-state index contributed by atoms with van der Waals surface area (Å²) in [7, 11) is 0. The van der Waals surface area contributed by atoms with Crippen LogP contribution >= 0.6 is 48.8 Å². The van der Waals surface area contributed by atoms with Crippen molar-refractivity contribution in [3.63, 3.8) is 0 Å². The number of pyridine rings is 1. The second-order valence-corrected chi connectivity index (χ2v) is 8.54. The van der Waals surface area contributed by atoms with Gasteiger partial charge in [-0.2, -0.15) is 0 Å². The van der Waals surface area contributed by atoms with E-state index in [4.69, 9.17) is 11.6 Å². The lowest BCUT2D eigenvalue weighted by Crippen LogP contribution is -2.54. The summed E-state index contributed by atoms with van der Waals surface area (Å²) in [6.07, 6.45) is 4.29. The Morgan fingerprint density at radius 1 is 0.853 bits per heavy atom. The number of imide groups is 1. The first-order valence-corrected chi connectivity index (χ1v) is 11.1. The highest BCUT2D eigenvalue weighted by atomic mass is 35.5. The summed E-state index contributed by atoms with van der Waals surface area (Å²) in [6.45, 7) is 6.33. The molecule has 0 spiro atoms. The van der Waals surface area contributed by atoms with E-state index >= 15 is 0 Å². The number of amides is 2. The predicted octanol–water partition coefficient (Wildman–Crippen LogP) is 3.38. The van der Waals surface area contributed by atoms with Crippen molar-refractivity contribution in [2.75, 3.05) is 57.3 Å². The molecule has 0 N–H and O–H groups in total. The predicted molar refractivity (Wildman–Crippen MR) is 143 cm³/mol. The fourth-order valence-corrected chi connectivity index (χ4v) is 4.40. The second-order valence-electron chi connectivity index (χ2n) is 8.11. The lowest BCUT2D eigenvalue weighted by Gasteiger charge is -2.37. The number of halogens is 4. The van der Waals surface area contributed by atoms with Gasteiger partial charge in [-0.3, -0.25) is 29.3 Å². The smallest absolute Gasteiger partial charge is 0.243 e. The second kappa shape index (κ2) is 14.7. The minimum Gasteiger partial charge on any atom is -0.369 e. The van der Waals surface area contributed by atoms with Crippen molar-refractivity contribution in [3.05, 3.63) is 59.4 Å². The van der Waals surface area contributed by atoms with Crippen molar-refractivity contribution in [1.29, 1.82) is 0 Å². The maximum absolute atomic E-state index is 12.5. The highest BCUT2D eigenvalue weighted by Gasteiger charge is 2.30. The highest BCUT2D eigenvalue weighted by molar-refractivity contribution is 6.30. The molecular weight excluding hydrogens is 520 g/mol. The normalized spacial score (nSPS) is 17.0. The van der Waals surface area contributed by atoms with Crippen LogP contribution in [0.1, 0.15) is 12.0 Å². The molecule has 0 unspecified atom stereocenters. The van der Waals surface area contributed by atoms with Gasteiger partial charge in [0.15, 0.2) is 0 Å². The standard InChI is InChI=1S/C23H28ClN5O2.3ClH/c24-20-5-1-6-21(14-20)28-12-10-26(11-13-28)8-3-9-29-22(30)17-27(18-23(29)31)16-19-4-2-7-25-15-19;;;/h1-2,4-7,14-15H,3,8-13,16-18H2;3*1H. The van der Waals surface area contributed by atoms with Gasteiger partial charge in [-0.1, -0.05) is 23.7 Å². The van der Waals surface area contributed by atoms with E-state index in [0.717, 1.165) is 55.4 Å². The third-order valence-electron chi connectivity index (χ3n) is 5.85. The van der Waals surface area contributed by atoms with E-state index in [1.54, 1.807) is 12.4 Å². The summed E-state index contributed by atoms with van der Waals surface area (Å²) in [5.41, 5.74) is 2.17. The number of piperazine rings is 2. The third-order valence-corrected chi connectivity index (χ3v) is 6.09. The average molecular weight is 551 g/mol. The molecule has 0 aliphatic carbocycles. The number of nitrogens with zero attached hydrogens (tertiary/aromatic N) is 5. The van der Waals surface area contributed by atoms with Gasteiger partial charge in [0, 0.05) is 62.4 Å². The summed E-state index contributed by atoms with van der Waals surface area (Å²) in [4.78, 5) is 37.2. The molecule has 3 heterocycles. The Labute approximate surface area is 224 Å². The van der Waals surface area contributed by atoms with E-state index in [-0.39, 0.29) is 62.1 Å². The Morgan fingerprint density at radius 2 is 1.56 bits per heavy atom. The SMILES string of the molecule is Cl.Cl.Cl.O=C1CN(Cc2cccnc2)CC(=O)N1CCCN1CCN(c2cccc(Cl)c2)CC1. The first-order chi connectivity index (χ1) is 15.1. The van der Waals surface area contributed by atoms with Gasteiger partial charge in [-0.05, 0) is 42.8 Å². The molecule has 1 aromatic heterocycles. The molecule has 2 aliphatic rings. The molecule has 2 saturated heterocycles. The third kappa shape index (κ3) is 8.26. The van der Waals surface area contributed by atoms with Crippen LogP contribution in [0.25, 0.3) is 0 Å². The molecule has 2 fully saturated rings. The average Bonchev–Trinajstić information content (AvgIpc) is 2.77. The maximum Gasteiger partial charge on any atom is 0.243 e. The Balaban J connectivity index is 0.00000193. The molecular formula is C23H31Cl4N5O2. The number of hydrogen-bond donors (Lipinski definition) is 0. The Kier molecular flexibility index (Phi) is 13.2. The van der Waals surface area contributed by atoms with E-state index in [1.165, 1.54) is 4.90 Å². The van der Waals surface area contributed by atoms with Gasteiger partial charge < -0.3 is 4.90 Å².